The molecule has 3 nitrogen and oxygen atoms in total. The van der Waals surface area contributed by atoms with Gasteiger partial charge in [0.2, 0.25) is 0 Å². The van der Waals surface area contributed by atoms with E-state index in [-0.39, 0.29) is 11.3 Å². The summed E-state index contributed by atoms with van der Waals surface area (Å²) in [6, 6.07) is 3.32. The Bertz CT molecular complexity index is 677. The predicted molar refractivity (Wildman–Crippen MR) is 68.4 cm³/mol. The van der Waals surface area contributed by atoms with E-state index in [1.807, 2.05) is 0 Å². The van der Waals surface area contributed by atoms with Gasteiger partial charge in [0.15, 0.2) is 0 Å². The molecule has 20 heavy (non-hydrogen) atoms. The number of rotatable bonds is 2. The highest BCUT2D eigenvalue weighted by atomic mass is 35.5. The molecule has 0 radical (unpaired) electrons. The Morgan fingerprint density at radius 2 is 1.95 bits per heavy atom. The van der Waals surface area contributed by atoms with E-state index >= 15 is 0 Å². The van der Waals surface area contributed by atoms with Gasteiger partial charge in [-0.2, -0.15) is 18.3 Å². The number of aryl methyl sites for hydroxylation is 1. The maximum Gasteiger partial charge on any atom is 0.418 e. The zero-order valence-corrected chi connectivity index (χ0v) is 11.4. The molecule has 0 aliphatic rings. The van der Waals surface area contributed by atoms with Crippen molar-refractivity contribution in [1.82, 2.24) is 9.78 Å². The van der Waals surface area contributed by atoms with Crippen molar-refractivity contribution >= 4 is 17.9 Å². The molecule has 0 saturated heterocycles. The first-order valence-corrected chi connectivity index (χ1v) is 6.02. The first kappa shape index (κ1) is 14.6. The fourth-order valence-electron chi connectivity index (χ4n) is 1.90. The van der Waals surface area contributed by atoms with Crippen molar-refractivity contribution in [3.63, 3.8) is 0 Å². The summed E-state index contributed by atoms with van der Waals surface area (Å²) < 4.78 is 40.4. The van der Waals surface area contributed by atoms with Crippen molar-refractivity contribution in [3.05, 3.63) is 45.7 Å². The SMILES string of the molecule is Cc1nn(-c2ccc(C=O)cc2C(F)(F)F)c(C)c1Cl. The molecule has 0 saturated carbocycles. The molecule has 0 aliphatic heterocycles. The second kappa shape index (κ2) is 4.94. The molecule has 0 N–H and O–H groups in total. The first-order valence-electron chi connectivity index (χ1n) is 5.64. The van der Waals surface area contributed by atoms with E-state index in [1.165, 1.54) is 12.1 Å². The molecule has 0 aliphatic carbocycles. The van der Waals surface area contributed by atoms with Gasteiger partial charge in [0, 0.05) is 5.56 Å². The van der Waals surface area contributed by atoms with Crippen LogP contribution in [-0.4, -0.2) is 16.1 Å². The van der Waals surface area contributed by atoms with Gasteiger partial charge in [0.25, 0.3) is 0 Å². The lowest BCUT2D eigenvalue weighted by Gasteiger charge is -2.14. The van der Waals surface area contributed by atoms with Crippen LogP contribution in [0.4, 0.5) is 13.2 Å². The van der Waals surface area contributed by atoms with Gasteiger partial charge in [0.1, 0.15) is 6.29 Å². The molecule has 106 valence electrons. The standard InChI is InChI=1S/C13H10ClF3N2O/c1-7-12(14)8(2)19(18-7)11-4-3-9(6-20)5-10(11)13(15,16)17/h3-6H,1-2H3. The Hall–Kier alpha value is -1.82. The summed E-state index contributed by atoms with van der Waals surface area (Å²) in [5.41, 5.74) is -0.279. The number of carbonyl (C=O) groups is 1. The van der Waals surface area contributed by atoms with Crippen LogP contribution in [0, 0.1) is 13.8 Å². The number of hydrogen-bond donors (Lipinski definition) is 0. The van der Waals surface area contributed by atoms with E-state index in [0.717, 1.165) is 10.7 Å². The third kappa shape index (κ3) is 2.43. The van der Waals surface area contributed by atoms with E-state index in [2.05, 4.69) is 5.10 Å². The summed E-state index contributed by atoms with van der Waals surface area (Å²) in [5, 5.41) is 4.32. The van der Waals surface area contributed by atoms with Crippen LogP contribution in [0.25, 0.3) is 5.69 Å². The molecule has 7 heteroatoms. The number of carbonyl (C=O) groups excluding carboxylic acids is 1. The van der Waals surface area contributed by atoms with Crippen LogP contribution in [0.5, 0.6) is 0 Å². The molecule has 0 atom stereocenters. The monoisotopic (exact) mass is 302 g/mol. The quantitative estimate of drug-likeness (QED) is 0.787. The number of aromatic nitrogens is 2. The van der Waals surface area contributed by atoms with Crippen LogP contribution < -0.4 is 0 Å². The fourth-order valence-corrected chi connectivity index (χ4v) is 2.01. The summed E-state index contributed by atoms with van der Waals surface area (Å²) in [6.07, 6.45) is -4.22. The zero-order valence-electron chi connectivity index (χ0n) is 10.6. The summed E-state index contributed by atoms with van der Waals surface area (Å²) in [7, 11) is 0. The fraction of sp³-hybridized carbons (Fsp3) is 0.231. The summed E-state index contributed by atoms with van der Waals surface area (Å²) in [4.78, 5) is 10.6. The van der Waals surface area contributed by atoms with Gasteiger partial charge < -0.3 is 0 Å². The van der Waals surface area contributed by atoms with E-state index in [9.17, 15) is 18.0 Å². The molecular weight excluding hydrogens is 293 g/mol. The second-order valence-corrected chi connectivity index (χ2v) is 4.67. The summed E-state index contributed by atoms with van der Waals surface area (Å²) in [6.45, 7) is 3.19. The number of halogens is 4. The third-order valence-electron chi connectivity index (χ3n) is 2.89. The Balaban J connectivity index is 2.73. The molecule has 0 unspecified atom stereocenters. The van der Waals surface area contributed by atoms with Crippen molar-refractivity contribution in [2.75, 3.05) is 0 Å². The lowest BCUT2D eigenvalue weighted by Crippen LogP contribution is -2.13. The van der Waals surface area contributed by atoms with E-state index in [1.54, 1.807) is 13.8 Å². The van der Waals surface area contributed by atoms with Crippen LogP contribution in [-0.2, 0) is 6.18 Å². The normalized spacial score (nSPS) is 11.7. The largest absolute Gasteiger partial charge is 0.418 e. The Morgan fingerprint density at radius 3 is 2.40 bits per heavy atom. The predicted octanol–water partition coefficient (Wildman–Crippen LogP) is 3.97. The molecule has 0 fully saturated rings. The van der Waals surface area contributed by atoms with Crippen molar-refractivity contribution in [1.29, 1.82) is 0 Å². The lowest BCUT2D eigenvalue weighted by molar-refractivity contribution is -0.137. The summed E-state index contributed by atoms with van der Waals surface area (Å²) in [5.74, 6) is 0. The summed E-state index contributed by atoms with van der Waals surface area (Å²) >= 11 is 5.95. The highest BCUT2D eigenvalue weighted by Crippen LogP contribution is 2.35. The van der Waals surface area contributed by atoms with Crippen molar-refractivity contribution in [2.24, 2.45) is 0 Å². The van der Waals surface area contributed by atoms with Gasteiger partial charge >= 0.3 is 6.18 Å². The average molecular weight is 303 g/mol. The number of benzene rings is 1. The van der Waals surface area contributed by atoms with E-state index < -0.39 is 11.7 Å². The number of nitrogens with zero attached hydrogens (tertiary/aromatic N) is 2. The molecule has 2 aromatic rings. The molecule has 1 aromatic carbocycles. The number of hydrogen-bond acceptors (Lipinski definition) is 2. The number of alkyl halides is 3. The van der Waals surface area contributed by atoms with Gasteiger partial charge in [-0.25, -0.2) is 4.68 Å². The highest BCUT2D eigenvalue weighted by molar-refractivity contribution is 6.31. The maximum atomic E-state index is 13.1. The van der Waals surface area contributed by atoms with Gasteiger partial charge in [-0.1, -0.05) is 11.6 Å². The highest BCUT2D eigenvalue weighted by Gasteiger charge is 2.35. The Labute approximate surface area is 118 Å². The zero-order chi connectivity index (χ0) is 15.1. The molecule has 1 aromatic heterocycles. The van der Waals surface area contributed by atoms with Gasteiger partial charge in [-0.15, -0.1) is 0 Å². The topological polar surface area (TPSA) is 34.9 Å². The van der Waals surface area contributed by atoms with Crippen LogP contribution in [0.1, 0.15) is 27.3 Å². The van der Waals surface area contributed by atoms with E-state index in [0.29, 0.717) is 22.7 Å². The Kier molecular flexibility index (Phi) is 3.60. The average Bonchev–Trinajstić information content (AvgIpc) is 2.65. The molecule has 0 spiro atoms. The van der Waals surface area contributed by atoms with Crippen molar-refractivity contribution < 1.29 is 18.0 Å². The molecule has 0 bridgehead atoms. The van der Waals surface area contributed by atoms with E-state index in [4.69, 9.17) is 11.6 Å². The second-order valence-electron chi connectivity index (χ2n) is 4.29. The van der Waals surface area contributed by atoms with Crippen LogP contribution in [0.3, 0.4) is 0 Å². The minimum Gasteiger partial charge on any atom is -0.298 e. The van der Waals surface area contributed by atoms with Crippen LogP contribution in [0.15, 0.2) is 18.2 Å². The van der Waals surface area contributed by atoms with Gasteiger partial charge in [0.05, 0.1) is 27.7 Å². The van der Waals surface area contributed by atoms with Crippen LogP contribution in [0.2, 0.25) is 5.02 Å². The molecular formula is C13H10ClF3N2O. The molecule has 1 heterocycles. The lowest BCUT2D eigenvalue weighted by atomic mass is 10.1. The number of aldehydes is 1. The Morgan fingerprint density at radius 1 is 1.30 bits per heavy atom. The van der Waals surface area contributed by atoms with Crippen molar-refractivity contribution in [2.45, 2.75) is 20.0 Å². The molecule has 0 amide bonds. The first-order chi connectivity index (χ1) is 9.25. The third-order valence-corrected chi connectivity index (χ3v) is 3.44. The van der Waals surface area contributed by atoms with Gasteiger partial charge in [-0.05, 0) is 32.0 Å². The van der Waals surface area contributed by atoms with Crippen molar-refractivity contribution in [3.8, 4) is 5.69 Å². The minimum absolute atomic E-state index is 0.0475. The smallest absolute Gasteiger partial charge is 0.298 e. The minimum atomic E-state index is -4.59. The van der Waals surface area contributed by atoms with Gasteiger partial charge in [-0.3, -0.25) is 4.79 Å². The molecule has 2 rings (SSSR count). The maximum absolute atomic E-state index is 13.1. The van der Waals surface area contributed by atoms with Crippen LogP contribution >= 0.6 is 11.6 Å².